The lowest BCUT2D eigenvalue weighted by Crippen LogP contribution is -2.34. The van der Waals surface area contributed by atoms with Crippen molar-refractivity contribution in [2.45, 2.75) is 25.8 Å². The van der Waals surface area contributed by atoms with Gasteiger partial charge in [-0.1, -0.05) is 6.07 Å². The minimum Gasteiger partial charge on any atom is -0.496 e. The van der Waals surface area contributed by atoms with Gasteiger partial charge in [-0.25, -0.2) is 0 Å². The molecule has 0 radical (unpaired) electrons. The lowest BCUT2D eigenvalue weighted by molar-refractivity contribution is -0.122. The van der Waals surface area contributed by atoms with E-state index >= 15 is 0 Å². The Kier molecular flexibility index (Phi) is 12.2. The third-order valence-corrected chi connectivity index (χ3v) is 8.89. The van der Waals surface area contributed by atoms with Gasteiger partial charge in [0.1, 0.15) is 23.7 Å². The van der Waals surface area contributed by atoms with Gasteiger partial charge < -0.3 is 38.9 Å². The number of nitrogens with one attached hydrogen (secondary N) is 2. The molecule has 5 aromatic rings. The molecule has 15 nitrogen and oxygen atoms in total. The summed E-state index contributed by atoms with van der Waals surface area (Å²) in [7, 11) is 1.58. The third-order valence-electron chi connectivity index (χ3n) is 8.89. The molecule has 2 aliphatic rings. The van der Waals surface area contributed by atoms with E-state index in [9.17, 15) is 14.4 Å². The topological polar surface area (TPSA) is 189 Å². The molecule has 0 saturated carbocycles. The Morgan fingerprint density at radius 2 is 1.74 bits per heavy atom. The predicted octanol–water partition coefficient (Wildman–Crippen LogP) is 4.91. The van der Waals surface area contributed by atoms with Crippen LogP contribution in [0.15, 0.2) is 83.6 Å². The molecule has 15 heteroatoms. The Morgan fingerprint density at radius 1 is 0.889 bits per heavy atom. The summed E-state index contributed by atoms with van der Waals surface area (Å²) in [5, 5.41) is 17.1. The standard InChI is InChI=1S/C38H38N6O7.CH2O2/c1-48-32-11-10-25-21-28(32)26-20-27-24-44(38(47)33-9-6-17-49-33)16-19-51-35(27)34(22-26)50-18-7-15-43(14-5-4-13-40-36(25)45)37(46)31-23-30(41-42-31)29-8-2-3-12-39-29;2-1-3/h2-3,6,8-12,17,20-23H,4-5,7,13-16,18-19,24H2,1H3,(H,40,45)(H,41,42);1H,(H,2,3). The van der Waals surface area contributed by atoms with Gasteiger partial charge in [-0.2, -0.15) is 5.10 Å². The molecule has 0 fully saturated rings. The first-order chi connectivity index (χ1) is 26.4. The van der Waals surface area contributed by atoms with E-state index in [2.05, 4.69) is 20.5 Å². The van der Waals surface area contributed by atoms with E-state index in [1.807, 2.05) is 30.3 Å². The SMILES string of the molecule is COc1ccc2cc1-c1cc3c(c(c1)OCCCN(C(=O)c1cc(-c4ccccn4)n[nH]1)CCCCNC2=O)OCCN(C(=O)c1ccco1)C3.O=CO. The number of nitrogens with zero attached hydrogens (tertiary/aromatic N) is 4. The predicted molar refractivity (Wildman–Crippen MR) is 195 cm³/mol. The van der Waals surface area contributed by atoms with Crippen LogP contribution in [-0.4, -0.2) is 101 Å². The number of aromatic amines is 1. The van der Waals surface area contributed by atoms with Crippen LogP contribution < -0.4 is 19.5 Å². The van der Waals surface area contributed by atoms with E-state index in [1.165, 1.54) is 6.26 Å². The number of carbonyl (C=O) groups is 4. The van der Waals surface area contributed by atoms with Crippen LogP contribution in [0.1, 0.15) is 56.2 Å². The number of ether oxygens (including phenoxy) is 3. The fourth-order valence-electron chi connectivity index (χ4n) is 6.28. The zero-order valence-electron chi connectivity index (χ0n) is 29.7. The van der Waals surface area contributed by atoms with Gasteiger partial charge in [-0.3, -0.25) is 29.3 Å². The quantitative estimate of drug-likeness (QED) is 0.213. The minimum atomic E-state index is -0.250. The fourth-order valence-corrected chi connectivity index (χ4v) is 6.28. The Bertz CT molecular complexity index is 2070. The maximum Gasteiger partial charge on any atom is 0.290 e. The summed E-state index contributed by atoms with van der Waals surface area (Å²) in [4.78, 5) is 56.5. The van der Waals surface area contributed by atoms with Crippen LogP contribution >= 0.6 is 0 Å². The molecule has 3 aromatic heterocycles. The average molecular weight is 737 g/mol. The van der Waals surface area contributed by atoms with Crippen LogP contribution in [0.3, 0.4) is 0 Å². The van der Waals surface area contributed by atoms with Crippen LogP contribution in [0.4, 0.5) is 0 Å². The number of amides is 3. The van der Waals surface area contributed by atoms with Crippen LogP contribution in [0.2, 0.25) is 0 Å². The van der Waals surface area contributed by atoms with Crippen molar-refractivity contribution < 1.29 is 42.9 Å². The summed E-state index contributed by atoms with van der Waals surface area (Å²) in [6, 6.07) is 19.7. The first-order valence-electron chi connectivity index (χ1n) is 17.5. The molecule has 0 spiro atoms. The molecule has 3 amide bonds. The highest BCUT2D eigenvalue weighted by Crippen LogP contribution is 2.41. The summed E-state index contributed by atoms with van der Waals surface area (Å²) in [5.74, 6) is 1.18. The number of benzene rings is 2. The molecule has 4 bridgehead atoms. The van der Waals surface area contributed by atoms with E-state index in [-0.39, 0.29) is 49.7 Å². The molecule has 5 heterocycles. The van der Waals surface area contributed by atoms with Crippen molar-refractivity contribution in [3.05, 3.63) is 102 Å². The summed E-state index contributed by atoms with van der Waals surface area (Å²) in [6.07, 6.45) is 5.04. The number of hydrogen-bond acceptors (Lipinski definition) is 10. The van der Waals surface area contributed by atoms with E-state index in [0.717, 1.165) is 11.1 Å². The number of H-pyrrole nitrogens is 1. The zero-order chi connectivity index (χ0) is 37.9. The maximum absolute atomic E-state index is 13.7. The lowest BCUT2D eigenvalue weighted by Gasteiger charge is -2.23. The summed E-state index contributed by atoms with van der Waals surface area (Å²) in [6.45, 7) is 2.22. The largest absolute Gasteiger partial charge is 0.496 e. The molecule has 280 valence electrons. The number of carboxylic acid groups (broad SMARTS) is 1. The Morgan fingerprint density at radius 3 is 2.52 bits per heavy atom. The number of fused-ring (bicyclic) bond motifs is 7. The van der Waals surface area contributed by atoms with E-state index in [4.69, 9.17) is 28.5 Å². The number of furan rings is 1. The highest BCUT2D eigenvalue weighted by atomic mass is 16.5. The second-order valence-corrected chi connectivity index (χ2v) is 12.4. The molecule has 0 saturated heterocycles. The first-order valence-corrected chi connectivity index (χ1v) is 17.5. The molecule has 3 N–H and O–H groups in total. The summed E-state index contributed by atoms with van der Waals surface area (Å²) >= 11 is 0. The minimum absolute atomic E-state index is 0.185. The first kappa shape index (κ1) is 37.1. The molecular formula is C39H40N6O9. The van der Waals surface area contributed by atoms with Gasteiger partial charge >= 0.3 is 0 Å². The van der Waals surface area contributed by atoms with Crippen molar-refractivity contribution >= 4 is 24.2 Å². The normalized spacial score (nSPS) is 14.7. The van der Waals surface area contributed by atoms with E-state index in [0.29, 0.717) is 90.9 Å². The van der Waals surface area contributed by atoms with Crippen LogP contribution in [0.25, 0.3) is 22.5 Å². The van der Waals surface area contributed by atoms with Crippen LogP contribution in [0, 0.1) is 0 Å². The van der Waals surface area contributed by atoms with Gasteiger partial charge in [0, 0.05) is 42.5 Å². The number of carbonyl (C=O) groups excluding carboxylic acids is 3. The molecule has 7 rings (SSSR count). The van der Waals surface area contributed by atoms with Crippen LogP contribution in [-0.2, 0) is 11.3 Å². The fraction of sp³-hybridized carbons (Fsp3) is 0.282. The molecule has 0 aliphatic carbocycles. The molecule has 0 unspecified atom stereocenters. The Balaban J connectivity index is 0.00000160. The van der Waals surface area contributed by atoms with Gasteiger partial charge in [0.15, 0.2) is 17.3 Å². The van der Waals surface area contributed by atoms with Crippen molar-refractivity contribution in [3.63, 3.8) is 0 Å². The monoisotopic (exact) mass is 736 g/mol. The number of aromatic nitrogens is 3. The van der Waals surface area contributed by atoms with E-state index < -0.39 is 0 Å². The summed E-state index contributed by atoms with van der Waals surface area (Å²) in [5.41, 5.74) is 4.24. The second kappa shape index (κ2) is 17.7. The number of pyridine rings is 1. The van der Waals surface area contributed by atoms with Gasteiger partial charge in [-0.15, -0.1) is 0 Å². The average Bonchev–Trinajstić information content (AvgIpc) is 3.88. The van der Waals surface area contributed by atoms with Gasteiger partial charge in [0.2, 0.25) is 0 Å². The molecule has 2 aromatic carbocycles. The van der Waals surface area contributed by atoms with Crippen molar-refractivity contribution in [1.82, 2.24) is 30.3 Å². The number of hydrogen-bond donors (Lipinski definition) is 3. The van der Waals surface area contributed by atoms with Crippen molar-refractivity contribution in [2.75, 3.05) is 46.5 Å². The number of rotatable bonds is 4. The van der Waals surface area contributed by atoms with Gasteiger partial charge in [-0.05, 0) is 85.5 Å². The van der Waals surface area contributed by atoms with E-state index in [1.54, 1.807) is 59.5 Å². The van der Waals surface area contributed by atoms with Gasteiger partial charge in [0.05, 0.1) is 38.8 Å². The molecular weight excluding hydrogens is 696 g/mol. The summed E-state index contributed by atoms with van der Waals surface area (Å²) < 4.78 is 23.8. The van der Waals surface area contributed by atoms with Crippen molar-refractivity contribution in [2.24, 2.45) is 0 Å². The van der Waals surface area contributed by atoms with Crippen LogP contribution in [0.5, 0.6) is 17.2 Å². The Hall–Kier alpha value is -6.64. The van der Waals surface area contributed by atoms with Crippen molar-refractivity contribution in [3.8, 4) is 39.8 Å². The maximum atomic E-state index is 13.7. The Labute approximate surface area is 310 Å². The molecule has 54 heavy (non-hydrogen) atoms. The van der Waals surface area contributed by atoms with Crippen molar-refractivity contribution in [1.29, 1.82) is 0 Å². The number of methoxy groups -OCH3 is 1. The second-order valence-electron chi connectivity index (χ2n) is 12.4. The third kappa shape index (κ3) is 8.69. The van der Waals surface area contributed by atoms with Gasteiger partial charge in [0.25, 0.3) is 24.2 Å². The zero-order valence-corrected chi connectivity index (χ0v) is 29.7. The molecule has 0 atom stereocenters. The lowest BCUT2D eigenvalue weighted by atomic mass is 9.98. The smallest absolute Gasteiger partial charge is 0.290 e. The highest BCUT2D eigenvalue weighted by molar-refractivity contribution is 5.96. The highest BCUT2D eigenvalue weighted by Gasteiger charge is 2.27. The molecule has 2 aliphatic heterocycles.